The van der Waals surface area contributed by atoms with Gasteiger partial charge < -0.3 is 4.23 Å². The Balaban J connectivity index is 2.41. The number of benzene rings is 2. The van der Waals surface area contributed by atoms with E-state index in [-0.39, 0.29) is 0 Å². The average molecular weight is 237 g/mol. The molecule has 0 amide bonds. The van der Waals surface area contributed by atoms with Crippen LogP contribution in [0.2, 0.25) is 5.54 Å². The molecule has 0 bridgehead atoms. The Labute approximate surface area is 104 Å². The van der Waals surface area contributed by atoms with Crippen molar-refractivity contribution >= 4 is 31.5 Å². The van der Waals surface area contributed by atoms with Crippen molar-refractivity contribution in [2.75, 3.05) is 0 Å². The molecule has 2 aromatic carbocycles. The van der Waals surface area contributed by atoms with Crippen LogP contribution in [0.15, 0.2) is 48.5 Å². The van der Waals surface area contributed by atoms with E-state index in [1.54, 1.807) is 0 Å². The summed E-state index contributed by atoms with van der Waals surface area (Å²) in [6.45, 7) is 4.56. The van der Waals surface area contributed by atoms with Gasteiger partial charge in [0.15, 0.2) is 9.68 Å². The first-order chi connectivity index (χ1) is 8.27. The van der Waals surface area contributed by atoms with Crippen LogP contribution >= 0.6 is 0 Å². The molecule has 0 fully saturated rings. The lowest BCUT2D eigenvalue weighted by molar-refractivity contribution is 1.03. The van der Waals surface area contributed by atoms with Gasteiger partial charge in [-0.15, -0.1) is 0 Å². The highest BCUT2D eigenvalue weighted by atomic mass is 28.2. The third-order valence-corrected chi connectivity index (χ3v) is 4.22. The van der Waals surface area contributed by atoms with Gasteiger partial charge >= 0.3 is 0 Å². The third kappa shape index (κ3) is 1.69. The molecule has 0 aliphatic heterocycles. The summed E-state index contributed by atoms with van der Waals surface area (Å²) in [4.78, 5) is 0. The second-order valence-corrected chi connectivity index (χ2v) is 6.51. The zero-order valence-corrected chi connectivity index (χ0v) is 11.1. The molecule has 2 radical (unpaired) electrons. The van der Waals surface area contributed by atoms with Crippen LogP contribution in [-0.4, -0.2) is 13.9 Å². The van der Waals surface area contributed by atoms with Gasteiger partial charge in [-0.3, -0.25) is 0 Å². The van der Waals surface area contributed by atoms with Gasteiger partial charge in [-0.2, -0.15) is 0 Å². The molecule has 1 nitrogen and oxygen atoms in total. The average Bonchev–Trinajstić information content (AvgIpc) is 2.65. The first-order valence-corrected chi connectivity index (χ1v) is 7.04. The van der Waals surface area contributed by atoms with Gasteiger partial charge in [0.25, 0.3) is 0 Å². The van der Waals surface area contributed by atoms with Crippen molar-refractivity contribution in [1.29, 1.82) is 0 Å². The molecule has 3 rings (SSSR count). The van der Waals surface area contributed by atoms with Crippen molar-refractivity contribution in [2.45, 2.75) is 19.4 Å². The second-order valence-electron chi connectivity index (χ2n) is 4.65. The minimum atomic E-state index is 0.689. The van der Waals surface area contributed by atoms with E-state index in [1.165, 1.54) is 21.8 Å². The summed E-state index contributed by atoms with van der Waals surface area (Å²) in [5.41, 5.74) is 3.41. The minimum absolute atomic E-state index is 0.689. The predicted octanol–water partition coefficient (Wildman–Crippen LogP) is 4.09. The zero-order valence-electron chi connectivity index (χ0n) is 10.1. The molecular weight excluding hydrogens is 222 g/mol. The van der Waals surface area contributed by atoms with Crippen LogP contribution in [0.3, 0.4) is 0 Å². The standard InChI is InChI=1S/C15H15NSi/c1-11(2)17-16-14-9-5-3-7-12(14)13-8-4-6-10-15(13)16/h3-11H,1-2H3. The topological polar surface area (TPSA) is 4.93 Å². The fourth-order valence-electron chi connectivity index (χ4n) is 2.32. The second kappa shape index (κ2) is 4.04. The maximum Gasteiger partial charge on any atom is 0.190 e. The minimum Gasteiger partial charge on any atom is -0.368 e. The van der Waals surface area contributed by atoms with Gasteiger partial charge in [0.2, 0.25) is 0 Å². The van der Waals surface area contributed by atoms with E-state index in [4.69, 9.17) is 0 Å². The van der Waals surface area contributed by atoms with Crippen LogP contribution in [0, 0.1) is 0 Å². The predicted molar refractivity (Wildman–Crippen MR) is 75.7 cm³/mol. The SMILES string of the molecule is CC(C)[Si]n1c2ccccc2c2ccccc21. The maximum atomic E-state index is 2.47. The molecule has 0 aliphatic carbocycles. The quantitative estimate of drug-likeness (QED) is 0.592. The van der Waals surface area contributed by atoms with E-state index in [0.29, 0.717) is 5.54 Å². The fourth-order valence-corrected chi connectivity index (χ4v) is 3.50. The van der Waals surface area contributed by atoms with Crippen LogP contribution < -0.4 is 0 Å². The number of nitrogens with zero attached hydrogens (tertiary/aromatic N) is 1. The molecule has 0 spiro atoms. The lowest BCUT2D eigenvalue weighted by atomic mass is 10.2. The van der Waals surface area contributed by atoms with Gasteiger partial charge in [-0.05, 0) is 17.7 Å². The molecule has 1 heterocycles. The number of hydrogen-bond acceptors (Lipinski definition) is 0. The summed E-state index contributed by atoms with van der Waals surface area (Å²) in [5.74, 6) is 0. The molecule has 0 N–H and O–H groups in total. The number of aromatic nitrogens is 1. The summed E-state index contributed by atoms with van der Waals surface area (Å²) in [7, 11) is 0.810. The van der Waals surface area contributed by atoms with E-state index in [9.17, 15) is 0 Å². The van der Waals surface area contributed by atoms with Crippen molar-refractivity contribution < 1.29 is 0 Å². The highest BCUT2D eigenvalue weighted by Gasteiger charge is 2.10. The van der Waals surface area contributed by atoms with Crippen molar-refractivity contribution in [1.82, 2.24) is 4.23 Å². The maximum absolute atomic E-state index is 2.47. The van der Waals surface area contributed by atoms with Crippen LogP contribution in [0.5, 0.6) is 0 Å². The van der Waals surface area contributed by atoms with Gasteiger partial charge in [0.05, 0.1) is 0 Å². The molecule has 84 valence electrons. The molecule has 2 heteroatoms. The first-order valence-electron chi connectivity index (χ1n) is 6.02. The molecule has 17 heavy (non-hydrogen) atoms. The van der Waals surface area contributed by atoms with Gasteiger partial charge in [-0.1, -0.05) is 50.2 Å². The molecule has 0 unspecified atom stereocenters. The fraction of sp³-hybridized carbons (Fsp3) is 0.200. The summed E-state index contributed by atoms with van der Waals surface area (Å²) in [6, 6.07) is 17.4. The molecule has 0 aliphatic rings. The van der Waals surface area contributed by atoms with Crippen molar-refractivity contribution in [2.24, 2.45) is 0 Å². The molecule has 3 aromatic rings. The van der Waals surface area contributed by atoms with Crippen molar-refractivity contribution in [3.63, 3.8) is 0 Å². The normalized spacial score (nSPS) is 11.7. The van der Waals surface area contributed by atoms with Crippen LogP contribution in [0.1, 0.15) is 13.8 Å². The Morgan fingerprint density at radius 1 is 0.824 bits per heavy atom. The number of hydrogen-bond donors (Lipinski definition) is 0. The zero-order chi connectivity index (χ0) is 11.8. The van der Waals surface area contributed by atoms with Crippen molar-refractivity contribution in [3.8, 4) is 0 Å². The van der Waals surface area contributed by atoms with E-state index in [0.717, 1.165) is 9.68 Å². The highest BCUT2D eigenvalue weighted by molar-refractivity contribution is 6.40. The Bertz CT molecular complexity index is 614. The van der Waals surface area contributed by atoms with E-state index < -0.39 is 0 Å². The van der Waals surface area contributed by atoms with Gasteiger partial charge in [-0.25, -0.2) is 0 Å². The molecule has 0 atom stereocenters. The number of fused-ring (bicyclic) bond motifs is 3. The van der Waals surface area contributed by atoms with Gasteiger partial charge in [0.1, 0.15) is 0 Å². The van der Waals surface area contributed by atoms with Gasteiger partial charge in [0, 0.05) is 21.8 Å². The largest absolute Gasteiger partial charge is 0.368 e. The van der Waals surface area contributed by atoms with E-state index >= 15 is 0 Å². The van der Waals surface area contributed by atoms with E-state index in [1.807, 2.05) is 0 Å². The Morgan fingerprint density at radius 2 is 1.29 bits per heavy atom. The lowest BCUT2D eigenvalue weighted by Crippen LogP contribution is -2.08. The number of rotatable bonds is 2. The summed E-state index contributed by atoms with van der Waals surface area (Å²) in [5, 5.41) is 2.74. The van der Waals surface area contributed by atoms with Crippen LogP contribution in [0.4, 0.5) is 0 Å². The number of para-hydroxylation sites is 2. The van der Waals surface area contributed by atoms with Crippen LogP contribution in [-0.2, 0) is 0 Å². The molecule has 1 aromatic heterocycles. The molecule has 0 saturated carbocycles. The summed E-state index contributed by atoms with van der Waals surface area (Å²) in [6.07, 6.45) is 0. The molecular formula is C15H15NSi. The highest BCUT2D eigenvalue weighted by Crippen LogP contribution is 2.28. The Hall–Kier alpha value is -1.54. The Kier molecular flexibility index (Phi) is 2.52. The van der Waals surface area contributed by atoms with Crippen molar-refractivity contribution in [3.05, 3.63) is 48.5 Å². The van der Waals surface area contributed by atoms with E-state index in [2.05, 4.69) is 66.6 Å². The smallest absolute Gasteiger partial charge is 0.190 e. The Morgan fingerprint density at radius 3 is 1.76 bits per heavy atom. The third-order valence-electron chi connectivity index (χ3n) is 2.97. The summed E-state index contributed by atoms with van der Waals surface area (Å²) >= 11 is 0. The summed E-state index contributed by atoms with van der Waals surface area (Å²) < 4.78 is 2.47. The molecule has 0 saturated heterocycles. The lowest BCUT2D eigenvalue weighted by Gasteiger charge is -2.07. The monoisotopic (exact) mass is 237 g/mol. The first kappa shape index (κ1) is 10.6. The van der Waals surface area contributed by atoms with Crippen LogP contribution in [0.25, 0.3) is 21.8 Å².